The van der Waals surface area contributed by atoms with Crippen molar-refractivity contribution in [2.24, 2.45) is 0 Å². The van der Waals surface area contributed by atoms with Crippen molar-refractivity contribution in [2.45, 2.75) is 6.10 Å². The average Bonchev–Trinajstić information content (AvgIpc) is 2.35. The van der Waals surface area contributed by atoms with E-state index in [1.54, 1.807) is 0 Å². The predicted molar refractivity (Wildman–Crippen MR) is 56.8 cm³/mol. The van der Waals surface area contributed by atoms with Gasteiger partial charge in [-0.1, -0.05) is 18.2 Å². The number of rotatable bonds is 2. The van der Waals surface area contributed by atoms with E-state index in [0.717, 1.165) is 18.2 Å². The van der Waals surface area contributed by atoms with Gasteiger partial charge in [-0.25, -0.2) is 17.6 Å². The van der Waals surface area contributed by atoms with E-state index in [-0.39, 0.29) is 5.56 Å². The van der Waals surface area contributed by atoms with Crippen LogP contribution in [-0.2, 0) is 0 Å². The Morgan fingerprint density at radius 1 is 0.889 bits per heavy atom. The van der Waals surface area contributed by atoms with Gasteiger partial charge in [0.2, 0.25) is 0 Å². The minimum atomic E-state index is -1.66. The van der Waals surface area contributed by atoms with Crippen LogP contribution in [0.25, 0.3) is 0 Å². The van der Waals surface area contributed by atoms with Crippen LogP contribution >= 0.6 is 0 Å². The maximum Gasteiger partial charge on any atom is 0.194 e. The molecule has 0 saturated carbocycles. The number of benzene rings is 2. The predicted octanol–water partition coefficient (Wildman–Crippen LogP) is 3.32. The summed E-state index contributed by atoms with van der Waals surface area (Å²) in [6.07, 6.45) is -1.56. The van der Waals surface area contributed by atoms with Crippen LogP contribution in [0.4, 0.5) is 17.6 Å². The van der Waals surface area contributed by atoms with Gasteiger partial charge in [-0.05, 0) is 23.8 Å². The summed E-state index contributed by atoms with van der Waals surface area (Å²) in [6.45, 7) is 0. The van der Waals surface area contributed by atoms with Crippen LogP contribution in [0.1, 0.15) is 17.2 Å². The van der Waals surface area contributed by atoms with Gasteiger partial charge in [0, 0.05) is 5.56 Å². The number of hydrogen-bond donors (Lipinski definition) is 1. The SMILES string of the molecule is OC(c1cccc(F)c1)c1ccc(F)c(F)c1F. The van der Waals surface area contributed by atoms with Crippen LogP contribution in [0, 0.1) is 23.3 Å². The smallest absolute Gasteiger partial charge is 0.194 e. The molecule has 0 saturated heterocycles. The quantitative estimate of drug-likeness (QED) is 0.645. The van der Waals surface area contributed by atoms with Gasteiger partial charge in [0.05, 0.1) is 0 Å². The first kappa shape index (κ1) is 12.6. The van der Waals surface area contributed by atoms with Gasteiger partial charge in [-0.3, -0.25) is 0 Å². The van der Waals surface area contributed by atoms with Crippen molar-refractivity contribution in [3.8, 4) is 0 Å². The molecule has 0 spiro atoms. The zero-order valence-corrected chi connectivity index (χ0v) is 9.00. The van der Waals surface area contributed by atoms with Gasteiger partial charge in [0.1, 0.15) is 11.9 Å². The standard InChI is InChI=1S/C13H8F4O/c14-8-3-1-2-7(6-8)13(18)9-4-5-10(15)12(17)11(9)16/h1-6,13,18H. The fourth-order valence-electron chi connectivity index (χ4n) is 1.61. The number of halogens is 4. The summed E-state index contributed by atoms with van der Waals surface area (Å²) in [5.41, 5.74) is -0.389. The van der Waals surface area contributed by atoms with Gasteiger partial charge >= 0.3 is 0 Å². The third-order valence-electron chi connectivity index (χ3n) is 2.52. The van der Waals surface area contributed by atoms with Crippen molar-refractivity contribution in [1.29, 1.82) is 0 Å². The largest absolute Gasteiger partial charge is 0.384 e. The van der Waals surface area contributed by atoms with E-state index in [9.17, 15) is 22.7 Å². The molecule has 0 aliphatic rings. The number of hydrogen-bond acceptors (Lipinski definition) is 1. The molecule has 0 aromatic heterocycles. The van der Waals surface area contributed by atoms with Crippen LogP contribution in [-0.4, -0.2) is 5.11 Å². The second-order valence-electron chi connectivity index (χ2n) is 3.72. The molecule has 1 nitrogen and oxygen atoms in total. The molecule has 0 heterocycles. The highest BCUT2D eigenvalue weighted by atomic mass is 19.2. The lowest BCUT2D eigenvalue weighted by Crippen LogP contribution is -2.06. The third-order valence-corrected chi connectivity index (χ3v) is 2.52. The summed E-state index contributed by atoms with van der Waals surface area (Å²) in [4.78, 5) is 0. The van der Waals surface area contributed by atoms with Crippen LogP contribution in [0.3, 0.4) is 0 Å². The molecule has 18 heavy (non-hydrogen) atoms. The first-order valence-electron chi connectivity index (χ1n) is 5.07. The Bertz CT molecular complexity index is 583. The summed E-state index contributed by atoms with van der Waals surface area (Å²) in [7, 11) is 0. The molecule has 1 unspecified atom stereocenters. The highest BCUT2D eigenvalue weighted by Crippen LogP contribution is 2.26. The van der Waals surface area contributed by atoms with E-state index < -0.39 is 34.9 Å². The van der Waals surface area contributed by atoms with Crippen LogP contribution < -0.4 is 0 Å². The Kier molecular flexibility index (Phi) is 3.34. The monoisotopic (exact) mass is 256 g/mol. The molecule has 0 fully saturated rings. The Morgan fingerprint density at radius 3 is 2.28 bits per heavy atom. The van der Waals surface area contributed by atoms with Crippen molar-refractivity contribution in [3.05, 3.63) is 70.8 Å². The van der Waals surface area contributed by atoms with E-state index in [1.807, 2.05) is 0 Å². The van der Waals surface area contributed by atoms with E-state index >= 15 is 0 Å². The third kappa shape index (κ3) is 2.22. The molecule has 5 heteroatoms. The van der Waals surface area contributed by atoms with Crippen molar-refractivity contribution >= 4 is 0 Å². The minimum Gasteiger partial charge on any atom is -0.384 e. The molecule has 94 valence electrons. The normalized spacial score (nSPS) is 12.5. The molecule has 0 radical (unpaired) electrons. The topological polar surface area (TPSA) is 20.2 Å². The van der Waals surface area contributed by atoms with Gasteiger partial charge in [-0.15, -0.1) is 0 Å². The van der Waals surface area contributed by atoms with Crippen LogP contribution in [0.2, 0.25) is 0 Å². The van der Waals surface area contributed by atoms with E-state index in [2.05, 4.69) is 0 Å². The average molecular weight is 256 g/mol. The van der Waals surface area contributed by atoms with E-state index in [4.69, 9.17) is 0 Å². The van der Waals surface area contributed by atoms with Crippen molar-refractivity contribution < 1.29 is 22.7 Å². The van der Waals surface area contributed by atoms with Crippen molar-refractivity contribution in [1.82, 2.24) is 0 Å². The highest BCUT2D eigenvalue weighted by Gasteiger charge is 2.20. The second kappa shape index (κ2) is 4.78. The van der Waals surface area contributed by atoms with Gasteiger partial charge in [0.15, 0.2) is 17.5 Å². The number of aliphatic hydroxyl groups excluding tert-OH is 1. The molecule has 1 atom stereocenters. The lowest BCUT2D eigenvalue weighted by atomic mass is 10.0. The minimum absolute atomic E-state index is 0.0555. The molecule has 2 rings (SSSR count). The van der Waals surface area contributed by atoms with E-state index in [0.29, 0.717) is 6.07 Å². The van der Waals surface area contributed by atoms with Gasteiger partial charge in [-0.2, -0.15) is 0 Å². The lowest BCUT2D eigenvalue weighted by Gasteiger charge is -2.13. The maximum absolute atomic E-state index is 13.4. The fraction of sp³-hybridized carbons (Fsp3) is 0.0769. The highest BCUT2D eigenvalue weighted by molar-refractivity contribution is 5.31. The molecule has 1 N–H and O–H groups in total. The lowest BCUT2D eigenvalue weighted by molar-refractivity contribution is 0.212. The number of aliphatic hydroxyl groups is 1. The zero-order chi connectivity index (χ0) is 13.3. The van der Waals surface area contributed by atoms with Crippen LogP contribution in [0.5, 0.6) is 0 Å². The summed E-state index contributed by atoms with van der Waals surface area (Å²) in [6, 6.07) is 6.45. The Balaban J connectivity index is 2.46. The molecule has 2 aromatic carbocycles. The van der Waals surface area contributed by atoms with Crippen LogP contribution in [0.15, 0.2) is 36.4 Å². The maximum atomic E-state index is 13.4. The summed E-state index contributed by atoms with van der Waals surface area (Å²) in [5.74, 6) is -5.10. The Hall–Kier alpha value is -1.88. The fourth-order valence-corrected chi connectivity index (χ4v) is 1.61. The first-order valence-corrected chi connectivity index (χ1v) is 5.07. The van der Waals surface area contributed by atoms with Gasteiger partial charge < -0.3 is 5.11 Å². The summed E-state index contributed by atoms with van der Waals surface area (Å²) in [5, 5.41) is 9.82. The molecular weight excluding hydrogens is 248 g/mol. The molecule has 0 bridgehead atoms. The van der Waals surface area contributed by atoms with E-state index in [1.165, 1.54) is 12.1 Å². The summed E-state index contributed by atoms with van der Waals surface area (Å²) < 4.78 is 52.1. The first-order chi connectivity index (χ1) is 8.50. The summed E-state index contributed by atoms with van der Waals surface area (Å²) >= 11 is 0. The molecule has 2 aromatic rings. The van der Waals surface area contributed by atoms with Crippen molar-refractivity contribution in [3.63, 3.8) is 0 Å². The molecule has 0 aliphatic heterocycles. The van der Waals surface area contributed by atoms with Crippen molar-refractivity contribution in [2.75, 3.05) is 0 Å². The Labute approximate surface area is 100 Å². The van der Waals surface area contributed by atoms with Gasteiger partial charge in [0.25, 0.3) is 0 Å². The zero-order valence-electron chi connectivity index (χ0n) is 9.00. The Morgan fingerprint density at radius 2 is 1.61 bits per heavy atom. The molecule has 0 aliphatic carbocycles. The molecule has 0 amide bonds. The molecular formula is C13H8F4O. The second-order valence-corrected chi connectivity index (χ2v) is 3.72.